The molecular formula is C34H19F7N4S2. The smallest absolute Gasteiger partial charge is 0.302 e. The molecule has 2 aromatic heterocycles. The second-order valence-electron chi connectivity index (χ2n) is 10.5. The molecule has 0 aliphatic heterocycles. The number of allylic oxidation sites excluding steroid dienone is 1. The molecule has 0 aliphatic carbocycles. The lowest BCUT2D eigenvalue weighted by Crippen LogP contribution is -2.16. The summed E-state index contributed by atoms with van der Waals surface area (Å²) in [5.41, 5.74) is 0.194. The van der Waals surface area contributed by atoms with Crippen LogP contribution in [0, 0.1) is 48.4 Å². The Morgan fingerprint density at radius 1 is 0.745 bits per heavy atom. The Hall–Kier alpha value is -5.06. The van der Waals surface area contributed by atoms with Crippen molar-refractivity contribution in [1.29, 1.82) is 5.26 Å². The van der Waals surface area contributed by atoms with Gasteiger partial charge in [-0.05, 0) is 56.3 Å². The van der Waals surface area contributed by atoms with Crippen LogP contribution in [-0.2, 0) is 6.18 Å². The minimum atomic E-state index is -5.71. The second-order valence-corrected chi connectivity index (χ2v) is 12.1. The molecule has 0 fully saturated rings. The molecular weight excluding hydrogens is 662 g/mol. The van der Waals surface area contributed by atoms with Crippen molar-refractivity contribution in [1.82, 2.24) is 8.75 Å². The lowest BCUT2D eigenvalue weighted by molar-refractivity contribution is -0.143. The van der Waals surface area contributed by atoms with E-state index in [4.69, 9.17) is 0 Å². The van der Waals surface area contributed by atoms with Crippen molar-refractivity contribution in [3.8, 4) is 16.5 Å². The highest BCUT2D eigenvalue weighted by Gasteiger charge is 2.42. The summed E-state index contributed by atoms with van der Waals surface area (Å²) in [6, 6.07) is 24.5. The summed E-state index contributed by atoms with van der Waals surface area (Å²) in [5.74, 6) is -9.98. The molecule has 0 saturated carbocycles. The number of nitrogens with zero attached hydrogens (tertiary/aromatic N) is 4. The molecule has 0 spiro atoms. The van der Waals surface area contributed by atoms with Crippen LogP contribution in [0.3, 0.4) is 0 Å². The Labute approximate surface area is 271 Å². The van der Waals surface area contributed by atoms with Crippen LogP contribution in [0.5, 0.6) is 0 Å². The number of halogens is 7. The lowest BCUT2D eigenvalue weighted by atomic mass is 9.98. The summed E-state index contributed by atoms with van der Waals surface area (Å²) in [4.78, 5) is 2.90. The van der Waals surface area contributed by atoms with Gasteiger partial charge in [-0.25, -0.2) is 17.6 Å². The zero-order chi connectivity index (χ0) is 33.6. The van der Waals surface area contributed by atoms with Gasteiger partial charge >= 0.3 is 6.18 Å². The highest BCUT2D eigenvalue weighted by atomic mass is 32.1. The van der Waals surface area contributed by atoms with Crippen LogP contribution in [0.2, 0.25) is 0 Å². The molecule has 47 heavy (non-hydrogen) atoms. The van der Waals surface area contributed by atoms with Crippen LogP contribution in [0.4, 0.5) is 47.1 Å². The van der Waals surface area contributed by atoms with E-state index in [2.05, 4.69) is 13.6 Å². The number of aromatic nitrogens is 2. The van der Waals surface area contributed by atoms with Crippen molar-refractivity contribution in [3.05, 3.63) is 124 Å². The van der Waals surface area contributed by atoms with Crippen LogP contribution in [0.25, 0.3) is 33.1 Å². The Balaban J connectivity index is 1.43. The van der Waals surface area contributed by atoms with E-state index in [0.717, 1.165) is 50.2 Å². The minimum Gasteiger partial charge on any atom is -0.302 e. The first kappa shape index (κ1) is 31.9. The van der Waals surface area contributed by atoms with Gasteiger partial charge in [0.2, 0.25) is 0 Å². The van der Waals surface area contributed by atoms with Crippen molar-refractivity contribution in [2.75, 3.05) is 4.90 Å². The topological polar surface area (TPSA) is 52.8 Å². The largest absolute Gasteiger partial charge is 0.422 e. The van der Waals surface area contributed by atoms with E-state index in [1.165, 1.54) is 23.5 Å². The maximum atomic E-state index is 14.8. The number of rotatable bonds is 6. The van der Waals surface area contributed by atoms with Gasteiger partial charge in [-0.1, -0.05) is 47.5 Å². The van der Waals surface area contributed by atoms with E-state index in [1.54, 1.807) is 6.07 Å². The monoisotopic (exact) mass is 680 g/mol. The Bertz CT molecular complexity index is 2140. The van der Waals surface area contributed by atoms with Gasteiger partial charge in [-0.2, -0.15) is 27.2 Å². The summed E-state index contributed by atoms with van der Waals surface area (Å²) in [6.07, 6.45) is -4.81. The van der Waals surface area contributed by atoms with E-state index in [-0.39, 0.29) is 11.1 Å². The van der Waals surface area contributed by atoms with Gasteiger partial charge in [0.15, 0.2) is 23.3 Å². The lowest BCUT2D eigenvalue weighted by Gasteiger charge is -2.24. The van der Waals surface area contributed by atoms with E-state index in [9.17, 15) is 36.0 Å². The predicted molar refractivity (Wildman–Crippen MR) is 170 cm³/mol. The zero-order valence-corrected chi connectivity index (χ0v) is 25.9. The molecule has 4 aromatic carbocycles. The van der Waals surface area contributed by atoms with Crippen LogP contribution in [0.15, 0.2) is 72.8 Å². The molecule has 0 aliphatic rings. The molecule has 6 aromatic rings. The van der Waals surface area contributed by atoms with E-state index in [1.807, 2.05) is 74.5 Å². The first-order valence-electron chi connectivity index (χ1n) is 13.7. The van der Waals surface area contributed by atoms with Gasteiger partial charge in [0.1, 0.15) is 21.6 Å². The van der Waals surface area contributed by atoms with Gasteiger partial charge in [-0.15, -0.1) is 11.3 Å². The van der Waals surface area contributed by atoms with Crippen molar-refractivity contribution >= 4 is 62.1 Å². The first-order valence-corrected chi connectivity index (χ1v) is 15.3. The fourth-order valence-electron chi connectivity index (χ4n) is 5.02. The van der Waals surface area contributed by atoms with E-state index >= 15 is 0 Å². The average Bonchev–Trinajstić information content (AvgIpc) is 3.72. The predicted octanol–water partition coefficient (Wildman–Crippen LogP) is 11.1. The molecule has 13 heteroatoms. The molecule has 236 valence electrons. The number of benzene rings is 4. The molecule has 2 heterocycles. The molecule has 0 N–H and O–H groups in total. The van der Waals surface area contributed by atoms with Crippen LogP contribution >= 0.6 is 23.1 Å². The molecule has 0 radical (unpaired) electrons. The fraction of sp³-hybridized carbons (Fsp3) is 0.0882. The normalized spacial score (nSPS) is 12.0. The van der Waals surface area contributed by atoms with Gasteiger partial charge in [-0.3, -0.25) is 0 Å². The van der Waals surface area contributed by atoms with Crippen molar-refractivity contribution < 1.29 is 30.7 Å². The molecule has 0 amide bonds. The van der Waals surface area contributed by atoms with Crippen LogP contribution in [0.1, 0.15) is 27.8 Å². The number of hydrogen-bond acceptors (Lipinski definition) is 6. The molecule has 0 bridgehead atoms. The summed E-state index contributed by atoms with van der Waals surface area (Å²) >= 11 is 2.28. The van der Waals surface area contributed by atoms with Crippen molar-refractivity contribution in [2.24, 2.45) is 0 Å². The number of thiophene rings is 1. The second kappa shape index (κ2) is 12.3. The Morgan fingerprint density at radius 3 is 1.83 bits per heavy atom. The minimum absolute atomic E-state index is 0.103. The van der Waals surface area contributed by atoms with Gasteiger partial charge in [0.25, 0.3) is 0 Å². The fourth-order valence-corrected chi connectivity index (χ4v) is 6.67. The summed E-state index contributed by atoms with van der Waals surface area (Å²) < 4.78 is 106. The highest BCUT2D eigenvalue weighted by Crippen LogP contribution is 2.44. The average molecular weight is 681 g/mol. The maximum Gasteiger partial charge on any atom is 0.422 e. The molecule has 0 atom stereocenters. The number of alkyl halides is 3. The SMILES string of the molecule is Cc1ccc(N(c2ccc(C)cc2)c2ccc(-c3ccc(/C=C(\C#N)c4c(F)c(F)c(C(F)(F)F)c(F)c4F)c4nsnc34)s2)cc1. The molecule has 6 rings (SSSR count). The zero-order valence-electron chi connectivity index (χ0n) is 24.3. The summed E-state index contributed by atoms with van der Waals surface area (Å²) in [5, 5.41) is 10.6. The van der Waals surface area contributed by atoms with Crippen LogP contribution < -0.4 is 4.90 Å². The third-order valence-electron chi connectivity index (χ3n) is 7.35. The van der Waals surface area contributed by atoms with Crippen LogP contribution in [-0.4, -0.2) is 8.75 Å². The quantitative estimate of drug-likeness (QED) is 0.0760. The maximum absolute atomic E-state index is 14.8. The number of fused-ring (bicyclic) bond motifs is 1. The Morgan fingerprint density at radius 2 is 1.30 bits per heavy atom. The van der Waals surface area contributed by atoms with E-state index in [0.29, 0.717) is 11.1 Å². The number of aryl methyl sites for hydroxylation is 2. The standard InChI is InChI=1S/C34H19F7N4S2/c1-17-3-8-21(9-4-17)45(22-10-5-18(2)6-11-22)25-14-13-24(46-25)23-12-7-19(32-33(23)44-47-43-32)15-20(16-42)26-28(35)30(37)27(34(39,40)41)31(38)29(26)36/h3-15H,1-2H3/b20-15+. The summed E-state index contributed by atoms with van der Waals surface area (Å²) in [6.45, 7) is 4.00. The van der Waals surface area contributed by atoms with E-state index < -0.39 is 46.1 Å². The van der Waals surface area contributed by atoms with Gasteiger partial charge in [0.05, 0.1) is 28.9 Å². The number of nitriles is 1. The molecule has 0 saturated heterocycles. The third kappa shape index (κ3) is 5.86. The summed E-state index contributed by atoms with van der Waals surface area (Å²) in [7, 11) is 0. The first-order chi connectivity index (χ1) is 22.4. The van der Waals surface area contributed by atoms with Gasteiger partial charge < -0.3 is 4.90 Å². The van der Waals surface area contributed by atoms with Crippen molar-refractivity contribution in [3.63, 3.8) is 0 Å². The number of anilines is 3. The Kier molecular flexibility index (Phi) is 8.33. The third-order valence-corrected chi connectivity index (χ3v) is 8.98. The molecule has 0 unspecified atom stereocenters. The number of hydrogen-bond donors (Lipinski definition) is 0. The van der Waals surface area contributed by atoms with Crippen molar-refractivity contribution in [2.45, 2.75) is 20.0 Å². The molecule has 4 nitrogen and oxygen atoms in total. The highest BCUT2D eigenvalue weighted by molar-refractivity contribution is 7.19. The van der Waals surface area contributed by atoms with Gasteiger partial charge in [0, 0.05) is 27.4 Å².